The van der Waals surface area contributed by atoms with E-state index >= 15 is 0 Å². The summed E-state index contributed by atoms with van der Waals surface area (Å²) in [6, 6.07) is 0. The number of sulfone groups is 1. The van der Waals surface area contributed by atoms with Crippen molar-refractivity contribution in [2.45, 2.75) is 26.2 Å². The summed E-state index contributed by atoms with van der Waals surface area (Å²) >= 11 is 0. The maximum atomic E-state index is 11.7. The topological polar surface area (TPSA) is 149 Å². The van der Waals surface area contributed by atoms with Crippen LogP contribution in [-0.2, 0) is 24.5 Å². The molecule has 12 heteroatoms. The molecular weight excluding hydrogens is 405 g/mol. The fourth-order valence-electron chi connectivity index (χ4n) is 4.07. The minimum absolute atomic E-state index is 0.0455. The Kier molecular flexibility index (Phi) is 8.29. The summed E-state index contributed by atoms with van der Waals surface area (Å²) in [5.74, 6) is -0.374. The van der Waals surface area contributed by atoms with Crippen LogP contribution in [0.25, 0.3) is 0 Å². The van der Waals surface area contributed by atoms with Gasteiger partial charge in [-0.25, -0.2) is 16.8 Å². The van der Waals surface area contributed by atoms with Crippen LogP contribution >= 0.6 is 7.60 Å². The summed E-state index contributed by atoms with van der Waals surface area (Å²) in [5.41, 5.74) is 0. The monoisotopic (exact) mass is 435 g/mol. The van der Waals surface area contributed by atoms with Gasteiger partial charge in [-0.3, -0.25) is 4.57 Å². The lowest BCUT2D eigenvalue weighted by Gasteiger charge is -2.35. The number of rotatable bonds is 11. The standard InChI is InChI=1S/C14H30NO8PS2/c1-3-13-10-15(6-4-8-24(16,17)18,7-5-9-26(21,22)23)11-14(13)12-25(2,19)20/h13-14H,3-12H2,1-2H3,(H2-,16,17,18,21,22,23). The molecule has 1 fully saturated rings. The van der Waals surface area contributed by atoms with Gasteiger partial charge < -0.3 is 18.8 Å². The van der Waals surface area contributed by atoms with Gasteiger partial charge in [0.25, 0.3) is 0 Å². The molecule has 1 aliphatic heterocycles. The van der Waals surface area contributed by atoms with Crippen LogP contribution in [0.5, 0.6) is 0 Å². The van der Waals surface area contributed by atoms with Crippen LogP contribution in [0.1, 0.15) is 26.2 Å². The van der Waals surface area contributed by atoms with E-state index in [0.717, 1.165) is 6.42 Å². The molecule has 0 amide bonds. The third-order valence-electron chi connectivity index (χ3n) is 5.06. The van der Waals surface area contributed by atoms with Crippen LogP contribution in [-0.4, -0.2) is 85.8 Å². The number of hydrogen-bond donors (Lipinski definition) is 2. The highest BCUT2D eigenvalue weighted by molar-refractivity contribution is 7.90. The van der Waals surface area contributed by atoms with E-state index in [4.69, 9.17) is 9.79 Å². The molecule has 0 aromatic carbocycles. The van der Waals surface area contributed by atoms with Crippen molar-refractivity contribution in [3.63, 3.8) is 0 Å². The van der Waals surface area contributed by atoms with Gasteiger partial charge in [0.05, 0.1) is 48.2 Å². The minimum atomic E-state index is -4.33. The lowest BCUT2D eigenvalue weighted by molar-refractivity contribution is -0.919. The summed E-state index contributed by atoms with van der Waals surface area (Å²) < 4.78 is 67.6. The molecule has 0 spiro atoms. The summed E-state index contributed by atoms with van der Waals surface area (Å²) in [6.45, 7) is 3.94. The molecule has 1 heterocycles. The van der Waals surface area contributed by atoms with Crippen molar-refractivity contribution in [2.75, 3.05) is 50.1 Å². The zero-order chi connectivity index (χ0) is 20.2. The second-order valence-electron chi connectivity index (χ2n) is 7.53. The third-order valence-corrected chi connectivity index (χ3v) is 7.78. The Labute approximate surface area is 156 Å². The van der Waals surface area contributed by atoms with Gasteiger partial charge in [0.2, 0.25) is 0 Å². The summed E-state index contributed by atoms with van der Waals surface area (Å²) in [4.78, 5) is 18.1. The second kappa shape index (κ2) is 8.98. The summed E-state index contributed by atoms with van der Waals surface area (Å²) in [5, 5.41) is 0. The van der Waals surface area contributed by atoms with Crippen LogP contribution < -0.4 is 0 Å². The fraction of sp³-hybridized carbons (Fsp3) is 1.00. The Hall–Kier alpha value is -0.0300. The van der Waals surface area contributed by atoms with Gasteiger partial charge in [0.1, 0.15) is 9.84 Å². The number of quaternary nitrogens is 1. The predicted octanol–water partition coefficient (Wildman–Crippen LogP) is 0.00690. The predicted molar refractivity (Wildman–Crippen MR) is 97.4 cm³/mol. The number of likely N-dealkylation sites (tertiary alicyclic amines) is 1. The van der Waals surface area contributed by atoms with Crippen molar-refractivity contribution in [1.29, 1.82) is 0 Å². The maximum Gasteiger partial charge on any atom is 0.325 e. The smallest absolute Gasteiger partial charge is 0.325 e. The summed E-state index contributed by atoms with van der Waals surface area (Å²) in [6.07, 6.45) is 2.11. The minimum Gasteiger partial charge on any atom is -0.748 e. The van der Waals surface area contributed by atoms with Gasteiger partial charge in [-0.1, -0.05) is 6.92 Å². The molecule has 0 aromatic rings. The number of hydrogen-bond acceptors (Lipinski definition) is 6. The maximum absolute atomic E-state index is 11.7. The molecular formula is C14H30NO8PS2. The first-order chi connectivity index (χ1) is 11.6. The van der Waals surface area contributed by atoms with Crippen molar-refractivity contribution in [3.05, 3.63) is 0 Å². The number of nitrogens with zero attached hydrogens (tertiary/aromatic N) is 1. The molecule has 0 aliphatic carbocycles. The Balaban J connectivity index is 2.90. The molecule has 0 aromatic heterocycles. The van der Waals surface area contributed by atoms with E-state index in [1.807, 2.05) is 6.92 Å². The van der Waals surface area contributed by atoms with E-state index in [-0.39, 0.29) is 36.6 Å². The molecule has 2 N–H and O–H groups in total. The molecule has 26 heavy (non-hydrogen) atoms. The molecule has 0 saturated carbocycles. The molecule has 3 unspecified atom stereocenters. The van der Waals surface area contributed by atoms with Crippen LogP contribution in [0, 0.1) is 11.8 Å². The van der Waals surface area contributed by atoms with Gasteiger partial charge in [-0.15, -0.1) is 0 Å². The summed E-state index contributed by atoms with van der Waals surface area (Å²) in [7, 11) is -11.6. The average molecular weight is 436 g/mol. The van der Waals surface area contributed by atoms with E-state index in [2.05, 4.69) is 0 Å². The SMILES string of the molecule is CCC1C[N+](CCCP(=O)(O)O)(CCCS(=O)(=O)[O-])CC1CS(C)(=O)=O. The first-order valence-corrected chi connectivity index (χ1v) is 14.1. The van der Waals surface area contributed by atoms with Crippen molar-refractivity contribution < 1.29 is 40.2 Å². The Morgan fingerprint density at radius 1 is 1.08 bits per heavy atom. The van der Waals surface area contributed by atoms with Crippen molar-refractivity contribution in [1.82, 2.24) is 0 Å². The first kappa shape index (κ1) is 24.0. The quantitative estimate of drug-likeness (QED) is 0.262. The van der Waals surface area contributed by atoms with Gasteiger partial charge >= 0.3 is 7.60 Å². The van der Waals surface area contributed by atoms with Gasteiger partial charge in [-0.05, 0) is 6.42 Å². The normalized spacial score (nSPS) is 27.7. The Bertz CT molecular complexity index is 717. The van der Waals surface area contributed by atoms with E-state index in [1.54, 1.807) is 0 Å². The van der Waals surface area contributed by atoms with Gasteiger partial charge in [0, 0.05) is 36.7 Å². The van der Waals surface area contributed by atoms with Crippen LogP contribution in [0.3, 0.4) is 0 Å². The second-order valence-corrected chi connectivity index (χ2v) is 13.0. The van der Waals surface area contributed by atoms with E-state index in [9.17, 15) is 26.0 Å². The third kappa shape index (κ3) is 9.25. The highest BCUT2D eigenvalue weighted by Gasteiger charge is 2.45. The van der Waals surface area contributed by atoms with Crippen molar-refractivity contribution in [3.8, 4) is 0 Å². The zero-order valence-electron chi connectivity index (χ0n) is 15.3. The highest BCUT2D eigenvalue weighted by atomic mass is 32.2. The zero-order valence-corrected chi connectivity index (χ0v) is 17.8. The molecule has 9 nitrogen and oxygen atoms in total. The van der Waals surface area contributed by atoms with Gasteiger partial charge in [-0.2, -0.15) is 0 Å². The molecule has 3 atom stereocenters. The highest BCUT2D eigenvalue weighted by Crippen LogP contribution is 2.37. The molecule has 1 aliphatic rings. The van der Waals surface area contributed by atoms with E-state index in [0.29, 0.717) is 30.7 Å². The Morgan fingerprint density at radius 2 is 1.62 bits per heavy atom. The first-order valence-electron chi connectivity index (χ1n) is 8.66. The molecule has 1 saturated heterocycles. The molecule has 0 radical (unpaired) electrons. The van der Waals surface area contributed by atoms with Crippen molar-refractivity contribution in [2.24, 2.45) is 11.8 Å². The van der Waals surface area contributed by atoms with Crippen LogP contribution in [0.2, 0.25) is 0 Å². The van der Waals surface area contributed by atoms with Crippen LogP contribution in [0.15, 0.2) is 0 Å². The van der Waals surface area contributed by atoms with Crippen molar-refractivity contribution >= 4 is 27.6 Å². The van der Waals surface area contributed by atoms with Gasteiger partial charge in [0.15, 0.2) is 0 Å². The largest absolute Gasteiger partial charge is 0.748 e. The molecule has 156 valence electrons. The Morgan fingerprint density at radius 3 is 2.08 bits per heavy atom. The molecule has 1 rings (SSSR count). The average Bonchev–Trinajstić information content (AvgIpc) is 2.71. The molecule has 0 bridgehead atoms. The fourth-order valence-corrected chi connectivity index (χ4v) is 6.26. The van der Waals surface area contributed by atoms with Crippen LogP contribution in [0.4, 0.5) is 0 Å². The van der Waals surface area contributed by atoms with E-state index in [1.165, 1.54) is 6.26 Å². The lowest BCUT2D eigenvalue weighted by atomic mass is 9.96. The van der Waals surface area contributed by atoms with E-state index < -0.39 is 33.3 Å². The lowest BCUT2D eigenvalue weighted by Crippen LogP contribution is -2.48.